The number of benzene rings is 3. The van der Waals surface area contributed by atoms with E-state index in [0.29, 0.717) is 17.2 Å². The second-order valence-corrected chi connectivity index (χ2v) is 8.67. The molecule has 0 radical (unpaired) electrons. The summed E-state index contributed by atoms with van der Waals surface area (Å²) in [4.78, 5) is 4.75. The van der Waals surface area contributed by atoms with Crippen molar-refractivity contribution in [3.05, 3.63) is 95.1 Å². The van der Waals surface area contributed by atoms with E-state index in [0.717, 1.165) is 49.4 Å². The lowest BCUT2D eigenvalue weighted by Gasteiger charge is -2.39. The number of ether oxygens (including phenoxy) is 3. The number of hydrogen-bond donors (Lipinski definition) is 0. The minimum Gasteiger partial charge on any atom is -0.493 e. The molecule has 0 amide bonds. The van der Waals surface area contributed by atoms with Crippen molar-refractivity contribution in [3.8, 4) is 17.2 Å². The molecule has 0 aromatic heterocycles. The molecule has 0 spiro atoms. The van der Waals surface area contributed by atoms with Gasteiger partial charge >= 0.3 is 0 Å². The highest BCUT2D eigenvalue weighted by molar-refractivity contribution is 5.85. The largest absolute Gasteiger partial charge is 0.493 e. The van der Waals surface area contributed by atoms with Crippen LogP contribution < -0.4 is 14.2 Å². The maximum absolute atomic E-state index is 13.6. The number of nitrogens with zero attached hydrogens (tertiary/aromatic N) is 2. The lowest BCUT2D eigenvalue weighted by atomic mass is 9.96. The zero-order chi connectivity index (χ0) is 25.5. The maximum atomic E-state index is 13.6. The molecule has 0 aliphatic carbocycles. The fourth-order valence-corrected chi connectivity index (χ4v) is 4.69. The van der Waals surface area contributed by atoms with E-state index in [1.165, 1.54) is 24.3 Å². The number of methoxy groups -OCH3 is 3. The molecule has 206 valence electrons. The molecule has 9 heteroatoms. The van der Waals surface area contributed by atoms with Crippen molar-refractivity contribution in [2.45, 2.75) is 6.04 Å². The monoisotopic (exact) mass is 566 g/mol. The van der Waals surface area contributed by atoms with Gasteiger partial charge in [0.2, 0.25) is 5.75 Å². The van der Waals surface area contributed by atoms with Crippen molar-refractivity contribution in [3.63, 3.8) is 0 Å². The number of halogens is 4. The number of hydrogen-bond acceptors (Lipinski definition) is 5. The van der Waals surface area contributed by atoms with Gasteiger partial charge in [-0.25, -0.2) is 8.78 Å². The molecule has 0 saturated carbocycles. The standard InChI is InChI=1S/C29H32F2N2O3.2ClH/c1-34-26-15-10-23(28(35-2)29(26)36-3)5-4-16-32-17-19-33(20-18-32)27(21-6-11-24(30)12-7-21)22-8-13-25(31)14-9-22;;/h4-15,27H,16-20H2,1-3H3;2*1H/b5-4+;;. The smallest absolute Gasteiger partial charge is 0.203 e. The first-order valence-electron chi connectivity index (χ1n) is 12.0. The summed E-state index contributed by atoms with van der Waals surface area (Å²) in [5.41, 5.74) is 2.91. The highest BCUT2D eigenvalue weighted by Gasteiger charge is 2.26. The summed E-state index contributed by atoms with van der Waals surface area (Å²) in [6.45, 7) is 4.24. The highest BCUT2D eigenvalue weighted by Crippen LogP contribution is 2.40. The molecule has 3 aromatic carbocycles. The number of piperazine rings is 1. The van der Waals surface area contributed by atoms with Gasteiger partial charge < -0.3 is 14.2 Å². The van der Waals surface area contributed by atoms with E-state index in [1.807, 2.05) is 42.5 Å². The first-order chi connectivity index (χ1) is 17.5. The Kier molecular flexibility index (Phi) is 12.3. The Morgan fingerprint density at radius 2 is 1.24 bits per heavy atom. The third-order valence-electron chi connectivity index (χ3n) is 6.54. The third-order valence-corrected chi connectivity index (χ3v) is 6.54. The van der Waals surface area contributed by atoms with Crippen LogP contribution in [0.1, 0.15) is 22.7 Å². The predicted molar refractivity (Wildman–Crippen MR) is 152 cm³/mol. The summed E-state index contributed by atoms with van der Waals surface area (Å²) in [6.07, 6.45) is 4.16. The lowest BCUT2D eigenvalue weighted by Crippen LogP contribution is -2.47. The van der Waals surface area contributed by atoms with Gasteiger partial charge in [0.1, 0.15) is 11.6 Å². The van der Waals surface area contributed by atoms with Crippen molar-refractivity contribution in [2.75, 3.05) is 54.1 Å². The van der Waals surface area contributed by atoms with E-state index in [-0.39, 0.29) is 42.5 Å². The molecule has 1 aliphatic rings. The molecule has 38 heavy (non-hydrogen) atoms. The number of rotatable bonds is 9. The molecule has 1 fully saturated rings. The van der Waals surface area contributed by atoms with Gasteiger partial charge in [-0.3, -0.25) is 9.80 Å². The fourth-order valence-electron chi connectivity index (χ4n) is 4.69. The molecular weight excluding hydrogens is 533 g/mol. The van der Waals surface area contributed by atoms with Crippen LogP contribution in [0, 0.1) is 11.6 Å². The molecular formula is C29H34Cl2F2N2O3. The second kappa shape index (κ2) is 14.9. The van der Waals surface area contributed by atoms with Crippen LogP contribution in [-0.4, -0.2) is 63.9 Å². The van der Waals surface area contributed by atoms with E-state index >= 15 is 0 Å². The van der Waals surface area contributed by atoms with Gasteiger partial charge in [-0.1, -0.05) is 36.4 Å². The lowest BCUT2D eigenvalue weighted by molar-refractivity contribution is 0.118. The molecule has 0 bridgehead atoms. The zero-order valence-corrected chi connectivity index (χ0v) is 23.4. The van der Waals surface area contributed by atoms with E-state index in [2.05, 4.69) is 15.9 Å². The molecule has 5 nitrogen and oxygen atoms in total. The van der Waals surface area contributed by atoms with Gasteiger partial charge in [-0.2, -0.15) is 0 Å². The molecule has 0 unspecified atom stereocenters. The fraction of sp³-hybridized carbons (Fsp3) is 0.310. The van der Waals surface area contributed by atoms with Crippen LogP contribution in [0.2, 0.25) is 0 Å². The molecule has 3 aromatic rings. The summed E-state index contributed by atoms with van der Waals surface area (Å²) in [5, 5.41) is 0. The van der Waals surface area contributed by atoms with Crippen LogP contribution in [-0.2, 0) is 0 Å². The zero-order valence-electron chi connectivity index (χ0n) is 21.7. The summed E-state index contributed by atoms with van der Waals surface area (Å²) in [7, 11) is 4.81. The Balaban J connectivity index is 0.00000253. The summed E-state index contributed by atoms with van der Waals surface area (Å²) < 4.78 is 43.5. The van der Waals surface area contributed by atoms with E-state index in [4.69, 9.17) is 14.2 Å². The van der Waals surface area contributed by atoms with Gasteiger partial charge in [-0.05, 0) is 47.5 Å². The first-order valence-corrected chi connectivity index (χ1v) is 12.0. The molecule has 1 heterocycles. The SMILES string of the molecule is COc1ccc(/C=C/CN2CCN(C(c3ccc(F)cc3)c3ccc(F)cc3)CC2)c(OC)c1OC.Cl.Cl. The van der Waals surface area contributed by atoms with Crippen molar-refractivity contribution >= 4 is 30.9 Å². The Hall–Kier alpha value is -2.84. The minimum atomic E-state index is -0.265. The molecule has 1 aliphatic heterocycles. The summed E-state index contributed by atoms with van der Waals surface area (Å²) >= 11 is 0. The summed E-state index contributed by atoms with van der Waals surface area (Å²) in [6, 6.07) is 16.9. The minimum absolute atomic E-state index is 0. The summed E-state index contributed by atoms with van der Waals surface area (Å²) in [5.74, 6) is 1.31. The maximum Gasteiger partial charge on any atom is 0.203 e. The molecule has 0 N–H and O–H groups in total. The topological polar surface area (TPSA) is 34.2 Å². The van der Waals surface area contributed by atoms with Crippen LogP contribution in [0.15, 0.2) is 66.7 Å². The van der Waals surface area contributed by atoms with Crippen LogP contribution in [0.5, 0.6) is 17.2 Å². The third kappa shape index (κ3) is 7.38. The van der Waals surface area contributed by atoms with Gasteiger partial charge in [0.05, 0.1) is 27.4 Å². The van der Waals surface area contributed by atoms with Gasteiger partial charge in [0.15, 0.2) is 11.5 Å². The Labute approximate surface area is 235 Å². The van der Waals surface area contributed by atoms with Gasteiger partial charge in [0.25, 0.3) is 0 Å². The van der Waals surface area contributed by atoms with E-state index in [9.17, 15) is 8.78 Å². The van der Waals surface area contributed by atoms with E-state index < -0.39 is 0 Å². The van der Waals surface area contributed by atoms with Crippen LogP contribution in [0.4, 0.5) is 8.78 Å². The van der Waals surface area contributed by atoms with Gasteiger partial charge in [-0.15, -0.1) is 24.8 Å². The Bertz CT molecular complexity index is 1120. The van der Waals surface area contributed by atoms with Crippen molar-refractivity contribution < 1.29 is 23.0 Å². The Morgan fingerprint density at radius 3 is 1.71 bits per heavy atom. The quantitative estimate of drug-likeness (QED) is 0.305. The van der Waals surface area contributed by atoms with Crippen LogP contribution >= 0.6 is 24.8 Å². The van der Waals surface area contributed by atoms with Crippen LogP contribution in [0.3, 0.4) is 0 Å². The van der Waals surface area contributed by atoms with Crippen molar-refractivity contribution in [1.29, 1.82) is 0 Å². The Morgan fingerprint density at radius 1 is 0.711 bits per heavy atom. The highest BCUT2D eigenvalue weighted by atomic mass is 35.5. The first kappa shape index (κ1) is 31.4. The molecule has 1 saturated heterocycles. The van der Waals surface area contributed by atoms with Crippen LogP contribution in [0.25, 0.3) is 6.08 Å². The second-order valence-electron chi connectivity index (χ2n) is 8.67. The molecule has 0 atom stereocenters. The van der Waals surface area contributed by atoms with E-state index in [1.54, 1.807) is 21.3 Å². The average Bonchev–Trinajstić information content (AvgIpc) is 2.91. The normalized spacial score (nSPS) is 14.2. The van der Waals surface area contributed by atoms with Crippen molar-refractivity contribution in [2.24, 2.45) is 0 Å². The average molecular weight is 568 g/mol. The van der Waals surface area contributed by atoms with Gasteiger partial charge in [0, 0.05) is 38.3 Å². The predicted octanol–water partition coefficient (Wildman–Crippen LogP) is 6.25. The molecule has 4 rings (SSSR count). The van der Waals surface area contributed by atoms with Crippen molar-refractivity contribution in [1.82, 2.24) is 9.80 Å².